The minimum absolute atomic E-state index is 0.579. The van der Waals surface area contributed by atoms with E-state index in [4.69, 9.17) is 0 Å². The fourth-order valence-corrected chi connectivity index (χ4v) is 2.37. The number of benzene rings is 2. The highest BCUT2D eigenvalue weighted by atomic mass is 19.2. The number of rotatable bonds is 2. The zero-order valence-electron chi connectivity index (χ0n) is 10.4. The lowest BCUT2D eigenvalue weighted by Gasteiger charge is -2.32. The van der Waals surface area contributed by atoms with Crippen LogP contribution in [-0.2, 0) is 6.54 Å². The van der Waals surface area contributed by atoms with Gasteiger partial charge in [0.15, 0.2) is 11.6 Å². The van der Waals surface area contributed by atoms with Crippen molar-refractivity contribution in [3.8, 4) is 0 Å². The summed E-state index contributed by atoms with van der Waals surface area (Å²) in [5, 5.41) is 3.32. The molecule has 0 saturated heterocycles. The van der Waals surface area contributed by atoms with Crippen molar-refractivity contribution >= 4 is 11.4 Å². The van der Waals surface area contributed by atoms with E-state index in [1.165, 1.54) is 12.1 Å². The minimum atomic E-state index is -0.801. The first-order valence-electron chi connectivity index (χ1n) is 6.26. The second-order valence-corrected chi connectivity index (χ2v) is 4.61. The number of anilines is 2. The molecule has 0 amide bonds. The van der Waals surface area contributed by atoms with E-state index < -0.39 is 11.6 Å². The Bertz CT molecular complexity index is 598. The molecule has 2 aromatic rings. The molecule has 1 heterocycles. The molecule has 0 aromatic heterocycles. The molecule has 4 heteroatoms. The average Bonchev–Trinajstić information content (AvgIpc) is 2.43. The Labute approximate surface area is 110 Å². The van der Waals surface area contributed by atoms with Gasteiger partial charge in [-0.15, -0.1) is 0 Å². The van der Waals surface area contributed by atoms with Crippen molar-refractivity contribution in [1.82, 2.24) is 0 Å². The van der Waals surface area contributed by atoms with E-state index in [0.717, 1.165) is 30.0 Å². The summed E-state index contributed by atoms with van der Waals surface area (Å²) in [7, 11) is 0. The molecule has 3 rings (SSSR count). The number of nitrogens with one attached hydrogen (secondary N) is 1. The zero-order chi connectivity index (χ0) is 13.2. The molecule has 98 valence electrons. The number of nitrogens with zero attached hydrogens (tertiary/aromatic N) is 1. The molecule has 2 aromatic carbocycles. The minimum Gasteiger partial charge on any atom is -0.382 e. The molecule has 0 unspecified atom stereocenters. The van der Waals surface area contributed by atoms with Gasteiger partial charge in [0.2, 0.25) is 0 Å². The molecule has 0 fully saturated rings. The van der Waals surface area contributed by atoms with Crippen LogP contribution in [0.25, 0.3) is 0 Å². The summed E-state index contributed by atoms with van der Waals surface area (Å²) in [6, 6.07) is 12.1. The largest absolute Gasteiger partial charge is 0.382 e. The van der Waals surface area contributed by atoms with Gasteiger partial charge in [0.05, 0.1) is 11.4 Å². The van der Waals surface area contributed by atoms with Gasteiger partial charge < -0.3 is 10.2 Å². The molecule has 0 saturated carbocycles. The van der Waals surface area contributed by atoms with Crippen molar-refractivity contribution in [2.75, 3.05) is 23.3 Å². The van der Waals surface area contributed by atoms with Crippen LogP contribution in [0.15, 0.2) is 42.5 Å². The predicted octanol–water partition coefficient (Wildman–Crippen LogP) is 3.40. The molecule has 0 bridgehead atoms. The van der Waals surface area contributed by atoms with Crippen LogP contribution in [0.1, 0.15) is 5.56 Å². The number of fused-ring (bicyclic) bond motifs is 1. The van der Waals surface area contributed by atoms with Crippen molar-refractivity contribution in [3.63, 3.8) is 0 Å². The molecule has 2 nitrogen and oxygen atoms in total. The zero-order valence-corrected chi connectivity index (χ0v) is 10.4. The highest BCUT2D eigenvalue weighted by molar-refractivity contribution is 5.71. The number of hydrogen-bond donors (Lipinski definition) is 1. The van der Waals surface area contributed by atoms with E-state index in [2.05, 4.69) is 10.2 Å². The van der Waals surface area contributed by atoms with Crippen molar-refractivity contribution in [2.24, 2.45) is 0 Å². The van der Waals surface area contributed by atoms with Gasteiger partial charge in [0.25, 0.3) is 0 Å². The Balaban J connectivity index is 1.86. The molecule has 19 heavy (non-hydrogen) atoms. The molecule has 1 N–H and O–H groups in total. The fourth-order valence-electron chi connectivity index (χ4n) is 2.37. The molecule has 0 radical (unpaired) electrons. The maximum atomic E-state index is 13.2. The first-order chi connectivity index (χ1) is 9.24. The van der Waals surface area contributed by atoms with Gasteiger partial charge in [-0.25, -0.2) is 8.78 Å². The van der Waals surface area contributed by atoms with Gasteiger partial charge >= 0.3 is 0 Å². The Morgan fingerprint density at radius 2 is 1.89 bits per heavy atom. The second kappa shape index (κ2) is 4.88. The summed E-state index contributed by atoms with van der Waals surface area (Å²) in [6.07, 6.45) is 0. The van der Waals surface area contributed by atoms with E-state index in [-0.39, 0.29) is 0 Å². The Kier molecular flexibility index (Phi) is 3.07. The SMILES string of the molecule is Fc1ccc(CN2CCNc3ccccc32)cc1F. The van der Waals surface area contributed by atoms with Crippen molar-refractivity contribution < 1.29 is 8.78 Å². The monoisotopic (exact) mass is 260 g/mol. The van der Waals surface area contributed by atoms with Gasteiger partial charge in [0, 0.05) is 19.6 Å². The van der Waals surface area contributed by atoms with Crippen LogP contribution in [0.3, 0.4) is 0 Å². The van der Waals surface area contributed by atoms with Crippen molar-refractivity contribution in [2.45, 2.75) is 6.54 Å². The van der Waals surface area contributed by atoms with E-state index in [9.17, 15) is 8.78 Å². The lowest BCUT2D eigenvalue weighted by Crippen LogP contribution is -2.33. The Hall–Kier alpha value is -2.10. The van der Waals surface area contributed by atoms with Gasteiger partial charge in [0.1, 0.15) is 0 Å². The summed E-state index contributed by atoms with van der Waals surface area (Å²) < 4.78 is 26.1. The Morgan fingerprint density at radius 3 is 2.74 bits per heavy atom. The van der Waals surface area contributed by atoms with Crippen LogP contribution >= 0.6 is 0 Å². The van der Waals surface area contributed by atoms with Crippen LogP contribution in [-0.4, -0.2) is 13.1 Å². The smallest absolute Gasteiger partial charge is 0.159 e. The first-order valence-corrected chi connectivity index (χ1v) is 6.26. The summed E-state index contributed by atoms with van der Waals surface area (Å²) in [6.45, 7) is 2.27. The van der Waals surface area contributed by atoms with Gasteiger partial charge in [-0.2, -0.15) is 0 Å². The van der Waals surface area contributed by atoms with Crippen LogP contribution < -0.4 is 10.2 Å². The molecule has 1 aliphatic heterocycles. The average molecular weight is 260 g/mol. The first kappa shape index (κ1) is 12.0. The van der Waals surface area contributed by atoms with Crippen molar-refractivity contribution in [1.29, 1.82) is 0 Å². The molecule has 0 spiro atoms. The summed E-state index contributed by atoms with van der Waals surface area (Å²) >= 11 is 0. The summed E-state index contributed by atoms with van der Waals surface area (Å²) in [5.74, 6) is -1.59. The van der Waals surface area contributed by atoms with Gasteiger partial charge in [-0.3, -0.25) is 0 Å². The third kappa shape index (κ3) is 2.38. The van der Waals surface area contributed by atoms with Crippen LogP contribution in [0, 0.1) is 11.6 Å². The highest BCUT2D eigenvalue weighted by Crippen LogP contribution is 2.29. The van der Waals surface area contributed by atoms with Gasteiger partial charge in [-0.05, 0) is 29.8 Å². The van der Waals surface area contributed by atoms with Crippen LogP contribution in [0.4, 0.5) is 20.2 Å². The second-order valence-electron chi connectivity index (χ2n) is 4.61. The van der Waals surface area contributed by atoms with Crippen LogP contribution in [0.5, 0.6) is 0 Å². The maximum Gasteiger partial charge on any atom is 0.159 e. The van der Waals surface area contributed by atoms with E-state index in [1.807, 2.05) is 24.3 Å². The molecular formula is C15H14F2N2. The number of para-hydroxylation sites is 2. The third-order valence-corrected chi connectivity index (χ3v) is 3.30. The quantitative estimate of drug-likeness (QED) is 0.890. The highest BCUT2D eigenvalue weighted by Gasteiger charge is 2.16. The normalized spacial score (nSPS) is 13.9. The lowest BCUT2D eigenvalue weighted by atomic mass is 10.1. The van der Waals surface area contributed by atoms with E-state index >= 15 is 0 Å². The number of hydrogen-bond acceptors (Lipinski definition) is 2. The van der Waals surface area contributed by atoms with E-state index in [0.29, 0.717) is 6.54 Å². The lowest BCUT2D eigenvalue weighted by molar-refractivity contribution is 0.507. The molecule has 0 aliphatic carbocycles. The maximum absolute atomic E-state index is 13.2. The van der Waals surface area contributed by atoms with Crippen molar-refractivity contribution in [3.05, 3.63) is 59.7 Å². The summed E-state index contributed by atoms with van der Waals surface area (Å²) in [5.41, 5.74) is 2.95. The molecule has 0 atom stereocenters. The topological polar surface area (TPSA) is 15.3 Å². The van der Waals surface area contributed by atoms with Gasteiger partial charge in [-0.1, -0.05) is 18.2 Å². The molecule has 1 aliphatic rings. The third-order valence-electron chi connectivity index (χ3n) is 3.30. The predicted molar refractivity (Wildman–Crippen MR) is 72.3 cm³/mol. The number of halogens is 2. The molecular weight excluding hydrogens is 246 g/mol. The van der Waals surface area contributed by atoms with E-state index in [1.54, 1.807) is 6.07 Å². The van der Waals surface area contributed by atoms with Crippen LogP contribution in [0.2, 0.25) is 0 Å². The fraction of sp³-hybridized carbons (Fsp3) is 0.200. The Morgan fingerprint density at radius 1 is 1.05 bits per heavy atom. The standard InChI is InChI=1S/C15H14F2N2/c16-12-6-5-11(9-13(12)17)10-19-8-7-18-14-3-1-2-4-15(14)19/h1-6,9,18H,7-8,10H2. The summed E-state index contributed by atoms with van der Waals surface area (Å²) in [4.78, 5) is 2.17.